The van der Waals surface area contributed by atoms with Crippen LogP contribution in [0.3, 0.4) is 0 Å². The predicted octanol–water partition coefficient (Wildman–Crippen LogP) is -0.464. The van der Waals surface area contributed by atoms with Crippen LogP contribution in [-0.2, 0) is 10.8 Å². The third-order valence-corrected chi connectivity index (χ3v) is 2.51. The Morgan fingerprint density at radius 2 is 1.92 bits per heavy atom. The van der Waals surface area contributed by atoms with Crippen molar-refractivity contribution in [2.75, 3.05) is 0 Å². The van der Waals surface area contributed by atoms with E-state index >= 15 is 0 Å². The van der Waals surface area contributed by atoms with Gasteiger partial charge in [-0.05, 0) is 22.9 Å². The van der Waals surface area contributed by atoms with Gasteiger partial charge < -0.3 is 0 Å². The average Bonchev–Trinajstić information content (AvgIpc) is 2.15. The minimum Gasteiger partial charge on any atom is -0.269 e. The Labute approximate surface area is 93.9 Å². The van der Waals surface area contributed by atoms with E-state index in [0.29, 0.717) is 0 Å². The number of hydrogen-bond acceptors (Lipinski definition) is 1. The first-order valence-corrected chi connectivity index (χ1v) is 4.97. The van der Waals surface area contributed by atoms with Gasteiger partial charge >= 0.3 is 18.9 Å². The van der Waals surface area contributed by atoms with Gasteiger partial charge in [0.1, 0.15) is 0 Å². The third kappa shape index (κ3) is 4.38. The van der Waals surface area contributed by atoms with Crippen LogP contribution in [0, 0.1) is 5.75 Å². The summed E-state index contributed by atoms with van der Waals surface area (Å²) in [4.78, 5) is 0.843. The van der Waals surface area contributed by atoms with E-state index in [1.165, 1.54) is 0 Å². The van der Waals surface area contributed by atoms with Crippen LogP contribution in [0.2, 0.25) is 0 Å². The molecule has 0 N–H and O–H groups in total. The molecule has 3 heteroatoms. The zero-order valence-electron chi connectivity index (χ0n) is 7.94. The second-order valence-corrected chi connectivity index (χ2v) is 3.61. The molecule has 0 saturated heterocycles. The van der Waals surface area contributed by atoms with Gasteiger partial charge in [0.15, 0.2) is 0 Å². The summed E-state index contributed by atoms with van der Waals surface area (Å²) < 4.78 is 11.4. The molecule has 1 unspecified atom stereocenters. The van der Waals surface area contributed by atoms with Gasteiger partial charge in [-0.3, -0.25) is 4.21 Å². The van der Waals surface area contributed by atoms with Gasteiger partial charge in [-0.1, -0.05) is 18.2 Å². The van der Waals surface area contributed by atoms with Crippen LogP contribution in [-0.4, -0.2) is 4.21 Å². The predicted molar refractivity (Wildman–Crippen MR) is 52.0 cm³/mol. The monoisotopic (exact) mass is 186 g/mol. The molecule has 1 rings (SSSR count). The third-order valence-electron chi connectivity index (χ3n) is 1.37. The smallest absolute Gasteiger partial charge is 0.269 e. The van der Waals surface area contributed by atoms with Crippen molar-refractivity contribution in [3.05, 3.63) is 48.2 Å². The molecular formula is C10H11LiOS. The van der Waals surface area contributed by atoms with Gasteiger partial charge in [0, 0.05) is 4.90 Å². The summed E-state index contributed by atoms with van der Waals surface area (Å²) in [5.74, 6) is 1.68. The van der Waals surface area contributed by atoms with Crippen molar-refractivity contribution in [3.63, 3.8) is 0 Å². The Morgan fingerprint density at radius 1 is 1.31 bits per heavy atom. The van der Waals surface area contributed by atoms with Gasteiger partial charge in [-0.25, -0.2) is 12.2 Å². The molecule has 1 nitrogen and oxygen atoms in total. The van der Waals surface area contributed by atoms with Gasteiger partial charge in [-0.15, -0.1) is 12.7 Å². The maximum Gasteiger partial charge on any atom is 1.00 e. The van der Waals surface area contributed by atoms with E-state index in [4.69, 9.17) is 0 Å². The maximum absolute atomic E-state index is 11.4. The van der Waals surface area contributed by atoms with Gasteiger partial charge in [-0.2, -0.15) is 0 Å². The Morgan fingerprint density at radius 3 is 2.46 bits per heavy atom. The summed E-state index contributed by atoms with van der Waals surface area (Å²) in [6.07, 6.45) is 3.66. The molecule has 0 aliphatic carbocycles. The summed E-state index contributed by atoms with van der Waals surface area (Å²) in [7, 11) is -0.995. The van der Waals surface area contributed by atoms with Crippen molar-refractivity contribution in [1.29, 1.82) is 0 Å². The Balaban J connectivity index is 0.00000144. The number of benzene rings is 1. The van der Waals surface area contributed by atoms with E-state index in [1.54, 1.807) is 11.8 Å². The molecule has 0 radical (unpaired) electrons. The molecule has 0 aliphatic heterocycles. The van der Waals surface area contributed by atoms with Crippen LogP contribution in [0.25, 0.3) is 0 Å². The second-order valence-electron chi connectivity index (χ2n) is 2.27. The molecule has 1 atom stereocenters. The van der Waals surface area contributed by atoms with E-state index in [0.717, 1.165) is 4.90 Å². The molecule has 1 aromatic rings. The number of rotatable bonds is 3. The quantitative estimate of drug-likeness (QED) is 0.461. The van der Waals surface area contributed by atoms with Crippen LogP contribution >= 0.6 is 0 Å². The molecule has 0 spiro atoms. The molecule has 0 saturated carbocycles. The van der Waals surface area contributed by atoms with Crippen molar-refractivity contribution >= 4 is 10.8 Å². The van der Waals surface area contributed by atoms with E-state index < -0.39 is 10.8 Å². The topological polar surface area (TPSA) is 17.1 Å². The molecule has 0 amide bonds. The fourth-order valence-corrected chi connectivity index (χ4v) is 1.67. The summed E-state index contributed by atoms with van der Waals surface area (Å²) in [6, 6.07) is 9.40. The largest absolute Gasteiger partial charge is 1.00 e. The molecule has 0 heterocycles. The standard InChI is InChI=1S/C10H11OS.Li/c1-2-3-9-12(11)10-7-5-4-6-8-10;/h2-9H,1H3;/q-1;+1/b3-2+;. The van der Waals surface area contributed by atoms with Crippen LogP contribution < -0.4 is 18.9 Å². The van der Waals surface area contributed by atoms with Crippen LogP contribution in [0.15, 0.2) is 47.4 Å². The molecular weight excluding hydrogens is 175 g/mol. The van der Waals surface area contributed by atoms with Crippen LogP contribution in [0.5, 0.6) is 0 Å². The van der Waals surface area contributed by atoms with Crippen molar-refractivity contribution < 1.29 is 23.1 Å². The van der Waals surface area contributed by atoms with Gasteiger partial charge in [0.25, 0.3) is 0 Å². The molecule has 0 aromatic heterocycles. The van der Waals surface area contributed by atoms with E-state index in [9.17, 15) is 4.21 Å². The molecule has 1 aromatic carbocycles. The summed E-state index contributed by atoms with van der Waals surface area (Å²) in [5.41, 5.74) is 0. The Hall–Kier alpha value is -0.423. The molecule has 0 aliphatic rings. The molecule has 64 valence electrons. The molecule has 0 fully saturated rings. The van der Waals surface area contributed by atoms with E-state index in [2.05, 4.69) is 0 Å². The van der Waals surface area contributed by atoms with Crippen molar-refractivity contribution in [1.82, 2.24) is 0 Å². The second kappa shape index (κ2) is 7.03. The minimum atomic E-state index is -0.995. The maximum atomic E-state index is 11.4. The van der Waals surface area contributed by atoms with Crippen molar-refractivity contribution in [3.8, 4) is 0 Å². The van der Waals surface area contributed by atoms with Gasteiger partial charge in [0.05, 0.1) is 0 Å². The van der Waals surface area contributed by atoms with Crippen LogP contribution in [0.4, 0.5) is 0 Å². The number of hydrogen-bond donors (Lipinski definition) is 0. The average molecular weight is 186 g/mol. The summed E-state index contributed by atoms with van der Waals surface area (Å²) >= 11 is 0. The van der Waals surface area contributed by atoms with Crippen molar-refractivity contribution in [2.24, 2.45) is 0 Å². The minimum absolute atomic E-state index is 0. The first-order valence-electron chi connectivity index (χ1n) is 3.76. The SMILES string of the molecule is C/C=C/[CH-]S(=O)c1ccccc1.[Li+]. The first-order chi connectivity index (χ1) is 5.84. The normalized spacial score (nSPS) is 12.1. The zero-order valence-corrected chi connectivity index (χ0v) is 8.75. The Bertz CT molecular complexity index is 282. The van der Waals surface area contributed by atoms with E-state index in [-0.39, 0.29) is 18.9 Å². The van der Waals surface area contributed by atoms with Gasteiger partial charge in [0.2, 0.25) is 0 Å². The van der Waals surface area contributed by atoms with E-state index in [1.807, 2.05) is 43.3 Å². The fourth-order valence-electron chi connectivity index (χ4n) is 0.783. The van der Waals surface area contributed by atoms with Crippen molar-refractivity contribution in [2.45, 2.75) is 11.8 Å². The molecule has 0 bridgehead atoms. The summed E-state index contributed by atoms with van der Waals surface area (Å²) in [5, 5.41) is 0. The summed E-state index contributed by atoms with van der Waals surface area (Å²) in [6.45, 7) is 1.90. The number of allylic oxidation sites excluding steroid dienone is 1. The van der Waals surface area contributed by atoms with Crippen LogP contribution in [0.1, 0.15) is 6.92 Å². The molecule has 13 heavy (non-hydrogen) atoms. The first kappa shape index (κ1) is 12.6. The Kier molecular flexibility index (Phi) is 6.80. The fraction of sp³-hybridized carbons (Fsp3) is 0.100. The zero-order chi connectivity index (χ0) is 8.81.